The summed E-state index contributed by atoms with van der Waals surface area (Å²) in [5, 5.41) is 6.71. The Balaban J connectivity index is 1.64. The monoisotopic (exact) mass is 356 g/mol. The van der Waals surface area contributed by atoms with E-state index in [0.29, 0.717) is 12.0 Å². The molecule has 1 N–H and O–H groups in total. The third-order valence-corrected chi connectivity index (χ3v) is 7.06. The van der Waals surface area contributed by atoms with Gasteiger partial charge in [0, 0.05) is 28.9 Å². The first-order valence-electron chi connectivity index (χ1n) is 8.84. The van der Waals surface area contributed by atoms with E-state index in [1.807, 2.05) is 23.9 Å². The number of hydrogen-bond donors (Lipinski definition) is 1. The minimum Gasteiger partial charge on any atom is -0.360 e. The van der Waals surface area contributed by atoms with Crippen LogP contribution in [0.4, 0.5) is 0 Å². The van der Waals surface area contributed by atoms with Crippen molar-refractivity contribution in [3.05, 3.63) is 68.1 Å². The maximum absolute atomic E-state index is 6.10. The van der Waals surface area contributed by atoms with E-state index in [2.05, 4.69) is 33.8 Å². The zero-order valence-corrected chi connectivity index (χ0v) is 15.2. The standard InChI is InChI=1S/C20H21ClN2S/c21-14-4-2-13(3-5-14)15-6-7-16-17-12-22-9-8-18(17)23-10-1-11-24-20(15)19(16)23/h1-5,11,15,18,22H,6-10,12H2. The van der Waals surface area contributed by atoms with Gasteiger partial charge in [0.1, 0.15) is 0 Å². The molecule has 0 saturated carbocycles. The Hall–Kier alpha value is -1.16. The van der Waals surface area contributed by atoms with Gasteiger partial charge in [0.25, 0.3) is 0 Å². The highest BCUT2D eigenvalue weighted by molar-refractivity contribution is 8.05. The molecule has 24 heavy (non-hydrogen) atoms. The van der Waals surface area contributed by atoms with Gasteiger partial charge in [-0.25, -0.2) is 0 Å². The Morgan fingerprint density at radius 3 is 2.92 bits per heavy atom. The van der Waals surface area contributed by atoms with Gasteiger partial charge in [-0.15, -0.1) is 0 Å². The number of thioether (sulfide) groups is 1. The summed E-state index contributed by atoms with van der Waals surface area (Å²) in [6.45, 7) is 3.27. The minimum absolute atomic E-state index is 0.505. The molecule has 124 valence electrons. The van der Waals surface area contributed by atoms with Gasteiger partial charge in [0.2, 0.25) is 0 Å². The molecule has 2 atom stereocenters. The molecule has 2 nitrogen and oxygen atoms in total. The summed E-state index contributed by atoms with van der Waals surface area (Å²) >= 11 is 8.04. The lowest BCUT2D eigenvalue weighted by Gasteiger charge is -2.34. The molecular weight excluding hydrogens is 336 g/mol. The molecule has 0 amide bonds. The van der Waals surface area contributed by atoms with Crippen molar-refractivity contribution < 1.29 is 0 Å². The number of nitrogens with one attached hydrogen (secondary N) is 1. The molecule has 4 heteroatoms. The maximum atomic E-state index is 6.10. The summed E-state index contributed by atoms with van der Waals surface area (Å²) in [5.74, 6) is 0.505. The number of rotatable bonds is 1. The number of allylic oxidation sites excluding steroid dienone is 2. The molecule has 1 fully saturated rings. The van der Waals surface area contributed by atoms with Gasteiger partial charge < -0.3 is 10.2 Å². The molecule has 0 aromatic heterocycles. The van der Waals surface area contributed by atoms with Gasteiger partial charge in [0.05, 0.1) is 11.7 Å². The average molecular weight is 357 g/mol. The van der Waals surface area contributed by atoms with Crippen molar-refractivity contribution in [2.45, 2.75) is 31.2 Å². The third-order valence-electron chi connectivity index (χ3n) is 5.75. The first kappa shape index (κ1) is 15.1. The van der Waals surface area contributed by atoms with Gasteiger partial charge >= 0.3 is 0 Å². The third kappa shape index (κ3) is 2.29. The van der Waals surface area contributed by atoms with Crippen molar-refractivity contribution in [3.63, 3.8) is 0 Å². The van der Waals surface area contributed by atoms with Crippen LogP contribution in [-0.4, -0.2) is 30.6 Å². The summed E-state index contributed by atoms with van der Waals surface area (Å²) in [6, 6.07) is 9.11. The Morgan fingerprint density at radius 2 is 2.04 bits per heavy atom. The summed E-state index contributed by atoms with van der Waals surface area (Å²) < 4.78 is 0. The average Bonchev–Trinajstić information content (AvgIpc) is 2.77. The number of nitrogens with zero attached hydrogens (tertiary/aromatic N) is 1. The minimum atomic E-state index is 0.505. The maximum Gasteiger partial charge on any atom is 0.0537 e. The number of piperidine rings is 1. The quantitative estimate of drug-likeness (QED) is 0.787. The van der Waals surface area contributed by atoms with Crippen LogP contribution in [0, 0.1) is 0 Å². The van der Waals surface area contributed by atoms with E-state index in [1.165, 1.54) is 24.8 Å². The fourth-order valence-corrected chi connectivity index (χ4v) is 5.91. The molecule has 3 aliphatic heterocycles. The van der Waals surface area contributed by atoms with Crippen LogP contribution >= 0.6 is 23.4 Å². The summed E-state index contributed by atoms with van der Waals surface area (Å²) in [5.41, 5.74) is 6.27. The largest absolute Gasteiger partial charge is 0.360 e. The number of fused-ring (bicyclic) bond motifs is 2. The molecule has 0 radical (unpaired) electrons. The molecule has 2 unspecified atom stereocenters. The van der Waals surface area contributed by atoms with E-state index in [9.17, 15) is 0 Å². The highest BCUT2D eigenvalue weighted by Gasteiger charge is 2.42. The molecule has 0 bridgehead atoms. The van der Waals surface area contributed by atoms with Crippen molar-refractivity contribution in [2.75, 3.05) is 19.6 Å². The smallest absolute Gasteiger partial charge is 0.0537 e. The highest BCUT2D eigenvalue weighted by atomic mass is 35.5. The van der Waals surface area contributed by atoms with Crippen LogP contribution in [0.25, 0.3) is 0 Å². The Bertz CT molecular complexity index is 762. The molecule has 5 rings (SSSR count). The van der Waals surface area contributed by atoms with E-state index >= 15 is 0 Å². The first-order valence-corrected chi connectivity index (χ1v) is 10.1. The second-order valence-corrected chi connectivity index (χ2v) is 8.37. The normalized spacial score (nSPS) is 28.8. The van der Waals surface area contributed by atoms with Crippen LogP contribution in [0.2, 0.25) is 5.02 Å². The van der Waals surface area contributed by atoms with Crippen LogP contribution in [-0.2, 0) is 0 Å². The second-order valence-electron chi connectivity index (χ2n) is 6.98. The number of halogens is 1. The summed E-state index contributed by atoms with van der Waals surface area (Å²) in [6.07, 6.45) is 5.99. The topological polar surface area (TPSA) is 15.3 Å². The van der Waals surface area contributed by atoms with Crippen molar-refractivity contribution >= 4 is 23.4 Å². The Morgan fingerprint density at radius 1 is 1.17 bits per heavy atom. The molecular formula is C20H21ClN2S. The molecule has 1 aromatic carbocycles. The Kier molecular flexibility index (Phi) is 3.77. The SMILES string of the molecule is Clc1ccc(C2CCC3=C4CNCCC4N4CC=CSC2=C34)cc1. The molecule has 1 aliphatic carbocycles. The van der Waals surface area contributed by atoms with Crippen molar-refractivity contribution in [1.82, 2.24) is 10.2 Å². The molecule has 4 aliphatic rings. The van der Waals surface area contributed by atoms with Gasteiger partial charge in [0.15, 0.2) is 0 Å². The van der Waals surface area contributed by atoms with Crippen LogP contribution in [0.15, 0.2) is 57.5 Å². The fraction of sp³-hybridized carbons (Fsp3) is 0.400. The molecule has 1 saturated heterocycles. The lowest BCUT2D eigenvalue weighted by Crippen LogP contribution is -2.40. The first-order chi connectivity index (χ1) is 11.8. The highest BCUT2D eigenvalue weighted by Crippen LogP contribution is 2.53. The number of benzene rings is 1. The lowest BCUT2D eigenvalue weighted by atomic mass is 9.84. The molecule has 1 aromatic rings. The van der Waals surface area contributed by atoms with Crippen LogP contribution in [0.3, 0.4) is 0 Å². The zero-order chi connectivity index (χ0) is 16.1. The lowest BCUT2D eigenvalue weighted by molar-refractivity contribution is 0.298. The van der Waals surface area contributed by atoms with Crippen LogP contribution in [0.1, 0.15) is 30.7 Å². The Labute approximate surface area is 152 Å². The van der Waals surface area contributed by atoms with E-state index in [-0.39, 0.29) is 0 Å². The predicted molar refractivity (Wildman–Crippen MR) is 102 cm³/mol. The fourth-order valence-electron chi connectivity index (χ4n) is 4.69. The van der Waals surface area contributed by atoms with Crippen LogP contribution < -0.4 is 5.32 Å². The summed E-state index contributed by atoms with van der Waals surface area (Å²) in [7, 11) is 0. The van der Waals surface area contributed by atoms with Crippen molar-refractivity contribution in [2.24, 2.45) is 0 Å². The van der Waals surface area contributed by atoms with Gasteiger partial charge in [-0.3, -0.25) is 0 Å². The predicted octanol–water partition coefficient (Wildman–Crippen LogP) is 4.66. The summed E-state index contributed by atoms with van der Waals surface area (Å²) in [4.78, 5) is 4.23. The van der Waals surface area contributed by atoms with E-state index in [1.54, 1.807) is 21.7 Å². The number of hydrogen-bond acceptors (Lipinski definition) is 3. The van der Waals surface area contributed by atoms with E-state index in [0.717, 1.165) is 24.7 Å². The van der Waals surface area contributed by atoms with E-state index < -0.39 is 0 Å². The van der Waals surface area contributed by atoms with Gasteiger partial charge in [-0.05, 0) is 60.1 Å². The molecule has 3 heterocycles. The van der Waals surface area contributed by atoms with Crippen molar-refractivity contribution in [1.29, 1.82) is 0 Å². The van der Waals surface area contributed by atoms with Gasteiger partial charge in [-0.1, -0.05) is 41.6 Å². The second kappa shape index (κ2) is 5.98. The van der Waals surface area contributed by atoms with E-state index in [4.69, 9.17) is 11.6 Å². The van der Waals surface area contributed by atoms with Crippen molar-refractivity contribution in [3.8, 4) is 0 Å². The molecule has 0 spiro atoms. The zero-order valence-electron chi connectivity index (χ0n) is 13.6. The van der Waals surface area contributed by atoms with Crippen LogP contribution in [0.5, 0.6) is 0 Å². The van der Waals surface area contributed by atoms with Gasteiger partial charge in [-0.2, -0.15) is 0 Å².